The maximum absolute atomic E-state index is 12.4. The molecular formula is C19H28N4O. The fraction of sp³-hybridized carbons (Fsp3) is 0.684. The van der Waals surface area contributed by atoms with Crippen LogP contribution in [0.2, 0.25) is 0 Å². The van der Waals surface area contributed by atoms with Crippen molar-refractivity contribution in [1.29, 1.82) is 0 Å². The highest BCUT2D eigenvalue weighted by molar-refractivity contribution is 5.78. The Morgan fingerprint density at radius 1 is 1.21 bits per heavy atom. The molecule has 1 amide bonds. The first-order chi connectivity index (χ1) is 11.8. The molecule has 2 saturated carbocycles. The van der Waals surface area contributed by atoms with Crippen molar-refractivity contribution in [2.45, 2.75) is 38.1 Å². The molecule has 4 rings (SSSR count). The quantitative estimate of drug-likeness (QED) is 0.767. The summed E-state index contributed by atoms with van der Waals surface area (Å²) in [5, 5.41) is 6.73. The summed E-state index contributed by atoms with van der Waals surface area (Å²) in [6.45, 7) is 3.53. The van der Waals surface area contributed by atoms with Crippen molar-refractivity contribution in [2.75, 3.05) is 31.5 Å². The van der Waals surface area contributed by atoms with Crippen molar-refractivity contribution in [3.05, 3.63) is 24.4 Å². The van der Waals surface area contributed by atoms with Crippen molar-refractivity contribution in [3.8, 4) is 0 Å². The van der Waals surface area contributed by atoms with Gasteiger partial charge in [-0.1, -0.05) is 6.07 Å². The lowest BCUT2D eigenvalue weighted by atomic mass is 10.1. The van der Waals surface area contributed by atoms with Gasteiger partial charge < -0.3 is 10.6 Å². The Hall–Kier alpha value is -1.62. The first-order valence-corrected chi connectivity index (χ1v) is 9.44. The fourth-order valence-corrected chi connectivity index (χ4v) is 3.91. The Balaban J connectivity index is 1.18. The normalized spacial score (nSPS) is 24.3. The van der Waals surface area contributed by atoms with Gasteiger partial charge >= 0.3 is 0 Å². The highest BCUT2D eigenvalue weighted by Gasteiger charge is 2.42. The zero-order valence-electron chi connectivity index (χ0n) is 14.3. The van der Waals surface area contributed by atoms with E-state index >= 15 is 0 Å². The van der Waals surface area contributed by atoms with E-state index in [-0.39, 0.29) is 5.91 Å². The van der Waals surface area contributed by atoms with E-state index < -0.39 is 0 Å². The lowest BCUT2D eigenvalue weighted by Crippen LogP contribution is -2.43. The van der Waals surface area contributed by atoms with Crippen LogP contribution in [-0.2, 0) is 4.79 Å². The minimum absolute atomic E-state index is 0.233. The Bertz CT molecular complexity index is 544. The third-order valence-electron chi connectivity index (χ3n) is 5.56. The van der Waals surface area contributed by atoms with Crippen LogP contribution in [0.1, 0.15) is 32.1 Å². The van der Waals surface area contributed by atoms with E-state index in [2.05, 4.69) is 20.5 Å². The fourth-order valence-electron chi connectivity index (χ4n) is 3.91. The van der Waals surface area contributed by atoms with Crippen LogP contribution in [0.25, 0.3) is 0 Å². The SMILES string of the molecule is O=C(CN1CCC(CNc2ccccn2)C1)NC(C1CC1)C1CC1. The predicted octanol–water partition coefficient (Wildman–Crippen LogP) is 2.12. The molecule has 130 valence electrons. The smallest absolute Gasteiger partial charge is 0.234 e. The van der Waals surface area contributed by atoms with Crippen molar-refractivity contribution < 1.29 is 4.79 Å². The third-order valence-corrected chi connectivity index (χ3v) is 5.56. The largest absolute Gasteiger partial charge is 0.370 e. The lowest BCUT2D eigenvalue weighted by molar-refractivity contribution is -0.123. The molecular weight excluding hydrogens is 300 g/mol. The number of hydrogen-bond acceptors (Lipinski definition) is 4. The highest BCUT2D eigenvalue weighted by atomic mass is 16.2. The molecule has 0 bridgehead atoms. The number of hydrogen-bond donors (Lipinski definition) is 2. The van der Waals surface area contributed by atoms with Gasteiger partial charge in [0.1, 0.15) is 5.82 Å². The number of rotatable bonds is 8. The summed E-state index contributed by atoms with van der Waals surface area (Å²) in [4.78, 5) is 19.0. The maximum atomic E-state index is 12.4. The summed E-state index contributed by atoms with van der Waals surface area (Å²) >= 11 is 0. The number of likely N-dealkylation sites (tertiary alicyclic amines) is 1. The average Bonchev–Trinajstić information content (AvgIpc) is 3.51. The van der Waals surface area contributed by atoms with E-state index in [9.17, 15) is 4.79 Å². The van der Waals surface area contributed by atoms with Crippen molar-refractivity contribution in [1.82, 2.24) is 15.2 Å². The van der Waals surface area contributed by atoms with E-state index in [1.54, 1.807) is 0 Å². The van der Waals surface area contributed by atoms with Crippen LogP contribution in [0.5, 0.6) is 0 Å². The molecule has 1 unspecified atom stereocenters. The van der Waals surface area contributed by atoms with Gasteiger partial charge in [0.2, 0.25) is 5.91 Å². The molecule has 0 spiro atoms. The first-order valence-electron chi connectivity index (χ1n) is 9.44. The molecule has 1 aromatic rings. The second kappa shape index (κ2) is 7.09. The molecule has 5 heteroatoms. The first kappa shape index (κ1) is 15.9. The molecule has 1 saturated heterocycles. The van der Waals surface area contributed by atoms with E-state index in [4.69, 9.17) is 0 Å². The number of aromatic nitrogens is 1. The van der Waals surface area contributed by atoms with Crippen molar-refractivity contribution >= 4 is 11.7 Å². The zero-order chi connectivity index (χ0) is 16.4. The van der Waals surface area contributed by atoms with Crippen molar-refractivity contribution in [3.63, 3.8) is 0 Å². The Morgan fingerprint density at radius 2 is 2.00 bits per heavy atom. The molecule has 1 atom stereocenters. The number of amides is 1. The molecule has 1 aromatic heterocycles. The highest BCUT2D eigenvalue weighted by Crippen LogP contribution is 2.44. The number of nitrogens with one attached hydrogen (secondary N) is 2. The topological polar surface area (TPSA) is 57.3 Å². The van der Waals surface area contributed by atoms with Gasteiger partial charge in [0, 0.05) is 25.3 Å². The Kier molecular flexibility index (Phi) is 4.69. The Labute approximate surface area is 144 Å². The number of pyridine rings is 1. The van der Waals surface area contributed by atoms with Crippen LogP contribution in [-0.4, -0.2) is 48.0 Å². The van der Waals surface area contributed by atoms with E-state index in [1.165, 1.54) is 25.7 Å². The summed E-state index contributed by atoms with van der Waals surface area (Å²) in [6, 6.07) is 6.39. The van der Waals surface area contributed by atoms with Gasteiger partial charge in [-0.25, -0.2) is 4.98 Å². The minimum Gasteiger partial charge on any atom is -0.370 e. The second-order valence-electron chi connectivity index (χ2n) is 7.75. The van der Waals surface area contributed by atoms with Gasteiger partial charge in [0.05, 0.1) is 6.54 Å². The molecule has 3 fully saturated rings. The third kappa shape index (κ3) is 4.26. The summed E-state index contributed by atoms with van der Waals surface area (Å²) in [6.07, 6.45) is 8.21. The predicted molar refractivity (Wildman–Crippen MR) is 94.7 cm³/mol. The number of carbonyl (C=O) groups excluding carboxylic acids is 1. The molecule has 5 nitrogen and oxygen atoms in total. The monoisotopic (exact) mass is 328 g/mol. The van der Waals surface area contributed by atoms with Crippen LogP contribution in [0.15, 0.2) is 24.4 Å². The second-order valence-corrected chi connectivity index (χ2v) is 7.75. The van der Waals surface area contributed by atoms with Gasteiger partial charge in [0.15, 0.2) is 0 Å². The van der Waals surface area contributed by atoms with Gasteiger partial charge in [-0.15, -0.1) is 0 Å². The zero-order valence-corrected chi connectivity index (χ0v) is 14.3. The van der Waals surface area contributed by atoms with Crippen LogP contribution < -0.4 is 10.6 Å². The molecule has 1 aliphatic heterocycles. The van der Waals surface area contributed by atoms with Crippen LogP contribution in [0.4, 0.5) is 5.82 Å². The number of carbonyl (C=O) groups is 1. The molecule has 2 heterocycles. The van der Waals surface area contributed by atoms with E-state index in [0.29, 0.717) is 18.5 Å². The standard InChI is InChI=1S/C19H28N4O/c24-18(22-19(15-4-5-15)16-6-7-16)13-23-10-8-14(12-23)11-21-17-3-1-2-9-20-17/h1-3,9,14-16,19H,4-8,10-13H2,(H,20,21)(H,22,24). The maximum Gasteiger partial charge on any atom is 0.234 e. The molecule has 24 heavy (non-hydrogen) atoms. The van der Waals surface area contributed by atoms with Crippen molar-refractivity contribution in [2.24, 2.45) is 17.8 Å². The van der Waals surface area contributed by atoms with E-state index in [0.717, 1.165) is 43.7 Å². The summed E-state index contributed by atoms with van der Waals surface area (Å²) in [5.41, 5.74) is 0. The molecule has 3 aliphatic rings. The number of nitrogens with zero attached hydrogens (tertiary/aromatic N) is 2. The lowest BCUT2D eigenvalue weighted by Gasteiger charge is -2.21. The average molecular weight is 328 g/mol. The van der Waals surface area contributed by atoms with Gasteiger partial charge in [-0.3, -0.25) is 9.69 Å². The summed E-state index contributed by atoms with van der Waals surface area (Å²) in [7, 11) is 0. The van der Waals surface area contributed by atoms with Gasteiger partial charge in [-0.2, -0.15) is 0 Å². The van der Waals surface area contributed by atoms with Crippen LogP contribution >= 0.6 is 0 Å². The molecule has 0 radical (unpaired) electrons. The summed E-state index contributed by atoms with van der Waals surface area (Å²) in [5.74, 6) is 3.32. The molecule has 2 N–H and O–H groups in total. The number of anilines is 1. The van der Waals surface area contributed by atoms with Crippen LogP contribution in [0, 0.1) is 17.8 Å². The Morgan fingerprint density at radius 3 is 2.67 bits per heavy atom. The van der Waals surface area contributed by atoms with Gasteiger partial charge in [0.25, 0.3) is 0 Å². The van der Waals surface area contributed by atoms with Crippen LogP contribution in [0.3, 0.4) is 0 Å². The summed E-state index contributed by atoms with van der Waals surface area (Å²) < 4.78 is 0. The van der Waals surface area contributed by atoms with E-state index in [1.807, 2.05) is 24.4 Å². The minimum atomic E-state index is 0.233. The molecule has 0 aromatic carbocycles. The molecule has 2 aliphatic carbocycles. The van der Waals surface area contributed by atoms with Gasteiger partial charge in [-0.05, 0) is 68.5 Å².